The van der Waals surface area contributed by atoms with Crippen LogP contribution in [0, 0.1) is 0 Å². The zero-order chi connectivity index (χ0) is 18.5. The number of ether oxygens (including phenoxy) is 3. The second-order valence-electron chi connectivity index (χ2n) is 6.16. The van der Waals surface area contributed by atoms with Gasteiger partial charge < -0.3 is 14.2 Å². The molecule has 0 radical (unpaired) electrons. The quantitative estimate of drug-likeness (QED) is 0.652. The van der Waals surface area contributed by atoms with Gasteiger partial charge in [0.25, 0.3) is 0 Å². The molecule has 136 valence electrons. The fraction of sp³-hybridized carbons (Fsp3) is 0.182. The number of hydrogen-bond acceptors (Lipinski definition) is 5. The minimum absolute atomic E-state index is 0.413. The first kappa shape index (κ1) is 17.1. The summed E-state index contributed by atoms with van der Waals surface area (Å²) in [5.74, 6) is 0.773. The second-order valence-corrected chi connectivity index (χ2v) is 6.16. The van der Waals surface area contributed by atoms with Gasteiger partial charge in [-0.25, -0.2) is 4.79 Å². The Balaban J connectivity index is 1.62. The van der Waals surface area contributed by atoms with Gasteiger partial charge in [-0.2, -0.15) is 0 Å². The van der Waals surface area contributed by atoms with E-state index in [1.807, 2.05) is 48.5 Å². The van der Waals surface area contributed by atoms with E-state index in [9.17, 15) is 4.79 Å². The van der Waals surface area contributed by atoms with Crippen LogP contribution in [0.5, 0.6) is 11.5 Å². The Kier molecular flexibility index (Phi) is 5.01. The summed E-state index contributed by atoms with van der Waals surface area (Å²) in [7, 11) is 0. The summed E-state index contributed by atoms with van der Waals surface area (Å²) in [5.41, 5.74) is 1.95. The number of benzene rings is 2. The Bertz CT molecular complexity index is 873. The molecule has 1 unspecified atom stereocenters. The number of carbonyl (C=O) groups is 1. The molecular weight excluding hydrogens is 342 g/mol. The summed E-state index contributed by atoms with van der Waals surface area (Å²) in [6.07, 6.45) is 1.91. The molecule has 5 nitrogen and oxygen atoms in total. The highest BCUT2D eigenvalue weighted by Crippen LogP contribution is 2.32. The highest BCUT2D eigenvalue weighted by molar-refractivity contribution is 5.90. The number of carbonyl (C=O) groups excluding carboxylic acids is 1. The Morgan fingerprint density at radius 1 is 0.926 bits per heavy atom. The lowest BCUT2D eigenvalue weighted by Gasteiger charge is -2.18. The minimum atomic E-state index is -0.587. The van der Waals surface area contributed by atoms with Gasteiger partial charge in [-0.05, 0) is 35.9 Å². The van der Waals surface area contributed by atoms with Crippen LogP contribution in [-0.2, 0) is 4.74 Å². The van der Waals surface area contributed by atoms with Crippen LogP contribution in [0.25, 0.3) is 0 Å². The van der Waals surface area contributed by atoms with Crippen molar-refractivity contribution in [2.24, 2.45) is 0 Å². The normalized spacial score (nSPS) is 14.1. The first-order valence-electron chi connectivity index (χ1n) is 8.88. The van der Waals surface area contributed by atoms with Crippen molar-refractivity contribution in [2.45, 2.75) is 12.5 Å². The topological polar surface area (TPSA) is 57.7 Å². The van der Waals surface area contributed by atoms with Gasteiger partial charge in [0.2, 0.25) is 0 Å². The van der Waals surface area contributed by atoms with Gasteiger partial charge in [-0.15, -0.1) is 0 Å². The number of rotatable bonds is 4. The lowest BCUT2D eigenvalue weighted by molar-refractivity contribution is 0.0370. The molecule has 3 aromatic rings. The van der Waals surface area contributed by atoms with E-state index >= 15 is 0 Å². The zero-order valence-corrected chi connectivity index (χ0v) is 14.7. The standard InChI is InChI=1S/C22H19NO4/c24-22(17-10-11-19-20(15-17)26-14-6-13-25-19)27-21(16-7-2-1-3-8-16)18-9-4-5-12-23-18/h1-5,7-12,15,21H,6,13-14H2. The number of nitrogens with zero attached hydrogens (tertiary/aromatic N) is 1. The minimum Gasteiger partial charge on any atom is -0.490 e. The molecule has 1 aliphatic rings. The lowest BCUT2D eigenvalue weighted by atomic mass is 10.1. The van der Waals surface area contributed by atoms with Crippen LogP contribution in [0.2, 0.25) is 0 Å². The lowest BCUT2D eigenvalue weighted by Crippen LogP contribution is -2.14. The summed E-state index contributed by atoms with van der Waals surface area (Å²) < 4.78 is 17.1. The third-order valence-electron chi connectivity index (χ3n) is 4.27. The predicted octanol–water partition coefficient (Wildman–Crippen LogP) is 4.19. The Labute approximate surface area is 157 Å². The molecule has 1 atom stereocenters. The molecule has 0 bridgehead atoms. The highest BCUT2D eigenvalue weighted by Gasteiger charge is 2.22. The maximum Gasteiger partial charge on any atom is 0.339 e. The molecule has 1 aliphatic heterocycles. The smallest absolute Gasteiger partial charge is 0.339 e. The largest absolute Gasteiger partial charge is 0.490 e. The van der Waals surface area contributed by atoms with Crippen molar-refractivity contribution in [2.75, 3.05) is 13.2 Å². The van der Waals surface area contributed by atoms with E-state index < -0.39 is 12.1 Å². The molecule has 5 heteroatoms. The Morgan fingerprint density at radius 2 is 1.70 bits per heavy atom. The maximum absolute atomic E-state index is 12.8. The number of aromatic nitrogens is 1. The summed E-state index contributed by atoms with van der Waals surface area (Å²) >= 11 is 0. The number of esters is 1. The van der Waals surface area contributed by atoms with E-state index in [4.69, 9.17) is 14.2 Å². The monoisotopic (exact) mass is 361 g/mol. The zero-order valence-electron chi connectivity index (χ0n) is 14.7. The number of fused-ring (bicyclic) bond motifs is 1. The van der Waals surface area contributed by atoms with Crippen molar-refractivity contribution in [3.05, 3.63) is 89.7 Å². The van der Waals surface area contributed by atoms with Gasteiger partial charge >= 0.3 is 5.97 Å². The predicted molar refractivity (Wildman–Crippen MR) is 100.0 cm³/mol. The fourth-order valence-corrected chi connectivity index (χ4v) is 2.92. The first-order valence-corrected chi connectivity index (χ1v) is 8.88. The van der Waals surface area contributed by atoms with Crippen molar-refractivity contribution in [1.29, 1.82) is 0 Å². The number of pyridine rings is 1. The molecule has 0 aliphatic carbocycles. The van der Waals surface area contributed by atoms with E-state index in [-0.39, 0.29) is 0 Å². The van der Waals surface area contributed by atoms with Crippen molar-refractivity contribution < 1.29 is 19.0 Å². The van der Waals surface area contributed by atoms with Crippen LogP contribution >= 0.6 is 0 Å². The molecule has 0 amide bonds. The van der Waals surface area contributed by atoms with Crippen LogP contribution in [0.15, 0.2) is 72.9 Å². The van der Waals surface area contributed by atoms with E-state index in [0.717, 1.165) is 12.0 Å². The van der Waals surface area contributed by atoms with Crippen molar-refractivity contribution in [1.82, 2.24) is 4.98 Å². The van der Waals surface area contributed by atoms with Crippen LogP contribution in [0.1, 0.15) is 34.1 Å². The molecule has 27 heavy (non-hydrogen) atoms. The molecule has 0 N–H and O–H groups in total. The fourth-order valence-electron chi connectivity index (χ4n) is 2.92. The third kappa shape index (κ3) is 3.92. The van der Waals surface area contributed by atoms with Crippen LogP contribution < -0.4 is 9.47 Å². The maximum atomic E-state index is 12.8. The molecule has 0 spiro atoms. The van der Waals surface area contributed by atoms with E-state index in [1.54, 1.807) is 24.4 Å². The van der Waals surface area contributed by atoms with E-state index in [1.165, 1.54) is 0 Å². The van der Waals surface area contributed by atoms with Crippen molar-refractivity contribution >= 4 is 5.97 Å². The molecule has 0 saturated carbocycles. The Hall–Kier alpha value is -3.34. The van der Waals surface area contributed by atoms with Crippen LogP contribution in [-0.4, -0.2) is 24.2 Å². The van der Waals surface area contributed by atoms with Crippen LogP contribution in [0.4, 0.5) is 0 Å². The molecule has 4 rings (SSSR count). The summed E-state index contributed by atoms with van der Waals surface area (Å²) in [6.45, 7) is 1.17. The molecule has 0 saturated heterocycles. The third-order valence-corrected chi connectivity index (χ3v) is 4.27. The first-order chi connectivity index (χ1) is 13.3. The average molecular weight is 361 g/mol. The Morgan fingerprint density at radius 3 is 2.48 bits per heavy atom. The van der Waals surface area contributed by atoms with E-state index in [0.29, 0.717) is 36.0 Å². The molecule has 2 aromatic carbocycles. The van der Waals surface area contributed by atoms with Crippen LogP contribution in [0.3, 0.4) is 0 Å². The SMILES string of the molecule is O=C(OC(c1ccccc1)c1ccccn1)c1ccc2c(c1)OCCCO2. The van der Waals surface area contributed by atoms with Gasteiger partial charge in [-0.1, -0.05) is 36.4 Å². The summed E-state index contributed by atoms with van der Waals surface area (Å²) in [4.78, 5) is 17.2. The van der Waals surface area contributed by atoms with Gasteiger partial charge in [0.15, 0.2) is 17.6 Å². The molecule has 2 heterocycles. The second kappa shape index (κ2) is 7.91. The summed E-state index contributed by atoms with van der Waals surface area (Å²) in [6, 6.07) is 20.2. The highest BCUT2D eigenvalue weighted by atomic mass is 16.5. The van der Waals surface area contributed by atoms with Crippen molar-refractivity contribution in [3.8, 4) is 11.5 Å². The van der Waals surface area contributed by atoms with Gasteiger partial charge in [-0.3, -0.25) is 4.98 Å². The van der Waals surface area contributed by atoms with Gasteiger partial charge in [0.05, 0.1) is 24.5 Å². The summed E-state index contributed by atoms with van der Waals surface area (Å²) in [5, 5.41) is 0. The molecule has 1 aromatic heterocycles. The van der Waals surface area contributed by atoms with Gasteiger partial charge in [0.1, 0.15) is 0 Å². The number of hydrogen-bond donors (Lipinski definition) is 0. The van der Waals surface area contributed by atoms with E-state index in [2.05, 4.69) is 4.98 Å². The van der Waals surface area contributed by atoms with Gasteiger partial charge in [0, 0.05) is 12.6 Å². The molecule has 0 fully saturated rings. The molecular formula is C22H19NO4. The average Bonchev–Trinajstić information content (AvgIpc) is 2.98. The van der Waals surface area contributed by atoms with Crippen molar-refractivity contribution in [3.63, 3.8) is 0 Å².